The van der Waals surface area contributed by atoms with E-state index in [9.17, 15) is 13.2 Å². The van der Waals surface area contributed by atoms with Crippen LogP contribution in [0, 0.1) is 12.9 Å². The van der Waals surface area contributed by atoms with Crippen LogP contribution in [0.1, 0.15) is 23.2 Å². The molecule has 1 heterocycles. The maximum absolute atomic E-state index is 12.9. The molecular formula is C8H9F3N2. The Kier molecular flexibility index (Phi) is 2.87. The molecule has 0 aliphatic rings. The number of aryl methyl sites for hydroxylation is 1. The first kappa shape index (κ1) is 9.98. The van der Waals surface area contributed by atoms with Gasteiger partial charge in [0, 0.05) is 23.4 Å². The number of nitrogens with zero attached hydrogens (tertiary/aromatic N) is 1. The standard InChI is InChI=1S/C8H9F3N2/c1-4-2-5(7(9)10)6(3-12)8(11)13-4/h2,7H,3,12H2,1H3. The zero-order valence-electron chi connectivity index (χ0n) is 7.02. The summed E-state index contributed by atoms with van der Waals surface area (Å²) in [5, 5.41) is 0. The van der Waals surface area contributed by atoms with E-state index in [4.69, 9.17) is 5.73 Å². The average Bonchev–Trinajstić information content (AvgIpc) is 2.02. The Morgan fingerprint density at radius 1 is 1.54 bits per heavy atom. The molecule has 0 fully saturated rings. The quantitative estimate of drug-likeness (QED) is 0.723. The summed E-state index contributed by atoms with van der Waals surface area (Å²) in [5.41, 5.74) is 4.78. The van der Waals surface area contributed by atoms with Gasteiger partial charge in [-0.05, 0) is 13.0 Å². The predicted octanol–water partition coefficient (Wildman–Crippen LogP) is 1.93. The summed E-state index contributed by atoms with van der Waals surface area (Å²) in [6.45, 7) is 1.19. The third-order valence-corrected chi connectivity index (χ3v) is 1.68. The normalized spacial score (nSPS) is 10.9. The summed E-state index contributed by atoms with van der Waals surface area (Å²) < 4.78 is 37.6. The van der Waals surface area contributed by atoms with Crippen LogP contribution >= 0.6 is 0 Å². The van der Waals surface area contributed by atoms with Crippen molar-refractivity contribution in [3.8, 4) is 0 Å². The predicted molar refractivity (Wildman–Crippen MR) is 41.8 cm³/mol. The monoisotopic (exact) mass is 190 g/mol. The van der Waals surface area contributed by atoms with Crippen molar-refractivity contribution >= 4 is 0 Å². The molecule has 0 aliphatic heterocycles. The molecule has 1 rings (SSSR count). The number of hydrogen-bond donors (Lipinski definition) is 1. The average molecular weight is 190 g/mol. The second-order valence-corrected chi connectivity index (χ2v) is 2.63. The summed E-state index contributed by atoms with van der Waals surface area (Å²) in [4.78, 5) is 3.41. The molecule has 2 nitrogen and oxygen atoms in total. The van der Waals surface area contributed by atoms with Crippen LogP contribution in [-0.2, 0) is 6.54 Å². The second-order valence-electron chi connectivity index (χ2n) is 2.63. The van der Waals surface area contributed by atoms with Gasteiger partial charge in [0.25, 0.3) is 6.43 Å². The number of alkyl halides is 2. The Hall–Kier alpha value is -1.10. The maximum Gasteiger partial charge on any atom is 0.264 e. The van der Waals surface area contributed by atoms with Crippen molar-refractivity contribution in [1.29, 1.82) is 0 Å². The molecule has 0 atom stereocenters. The minimum atomic E-state index is -2.71. The molecule has 5 heteroatoms. The fourth-order valence-electron chi connectivity index (χ4n) is 1.08. The maximum atomic E-state index is 12.9. The Morgan fingerprint density at radius 2 is 2.15 bits per heavy atom. The van der Waals surface area contributed by atoms with Crippen molar-refractivity contribution in [1.82, 2.24) is 4.98 Å². The highest BCUT2D eigenvalue weighted by molar-refractivity contribution is 5.28. The Labute approximate surface area is 73.6 Å². The molecule has 1 aromatic rings. The third-order valence-electron chi connectivity index (χ3n) is 1.68. The molecule has 0 bridgehead atoms. The first-order valence-corrected chi connectivity index (χ1v) is 3.70. The summed E-state index contributed by atoms with van der Waals surface area (Å²) in [6, 6.07) is 1.15. The molecule has 13 heavy (non-hydrogen) atoms. The van der Waals surface area contributed by atoms with Gasteiger partial charge >= 0.3 is 0 Å². The van der Waals surface area contributed by atoms with Gasteiger partial charge in [0.05, 0.1) is 0 Å². The van der Waals surface area contributed by atoms with E-state index in [2.05, 4.69) is 4.98 Å². The highest BCUT2D eigenvalue weighted by atomic mass is 19.3. The fraction of sp³-hybridized carbons (Fsp3) is 0.375. The molecule has 0 aromatic carbocycles. The van der Waals surface area contributed by atoms with E-state index in [1.807, 2.05) is 0 Å². The number of nitrogens with two attached hydrogens (primary N) is 1. The van der Waals surface area contributed by atoms with Gasteiger partial charge in [-0.25, -0.2) is 13.8 Å². The van der Waals surface area contributed by atoms with Crippen LogP contribution in [0.2, 0.25) is 0 Å². The molecule has 0 aliphatic carbocycles. The molecule has 0 amide bonds. The van der Waals surface area contributed by atoms with E-state index in [-0.39, 0.29) is 23.4 Å². The zero-order valence-corrected chi connectivity index (χ0v) is 7.02. The lowest BCUT2D eigenvalue weighted by Gasteiger charge is -2.08. The van der Waals surface area contributed by atoms with Gasteiger partial charge in [-0.3, -0.25) is 0 Å². The van der Waals surface area contributed by atoms with Crippen LogP contribution < -0.4 is 5.73 Å². The van der Waals surface area contributed by atoms with Gasteiger partial charge in [0.1, 0.15) is 0 Å². The van der Waals surface area contributed by atoms with E-state index in [1.165, 1.54) is 6.92 Å². The topological polar surface area (TPSA) is 38.9 Å². The molecule has 2 N–H and O–H groups in total. The van der Waals surface area contributed by atoms with Crippen molar-refractivity contribution in [2.45, 2.75) is 19.9 Å². The van der Waals surface area contributed by atoms with Crippen LogP contribution in [0.15, 0.2) is 6.07 Å². The number of halogens is 3. The molecule has 0 saturated carbocycles. The molecule has 0 spiro atoms. The SMILES string of the molecule is Cc1cc(C(F)F)c(CN)c(F)n1. The van der Waals surface area contributed by atoms with Crippen molar-refractivity contribution in [2.75, 3.05) is 0 Å². The van der Waals surface area contributed by atoms with E-state index in [1.54, 1.807) is 0 Å². The van der Waals surface area contributed by atoms with Crippen LogP contribution in [0.5, 0.6) is 0 Å². The highest BCUT2D eigenvalue weighted by Gasteiger charge is 2.17. The largest absolute Gasteiger partial charge is 0.326 e. The first-order chi connectivity index (χ1) is 6.06. The van der Waals surface area contributed by atoms with E-state index in [0.29, 0.717) is 0 Å². The molecule has 0 unspecified atom stereocenters. The lowest BCUT2D eigenvalue weighted by molar-refractivity contribution is 0.149. The smallest absolute Gasteiger partial charge is 0.264 e. The second kappa shape index (κ2) is 3.74. The molecule has 0 saturated heterocycles. The summed E-state index contributed by atoms with van der Waals surface area (Å²) >= 11 is 0. The van der Waals surface area contributed by atoms with Crippen molar-refractivity contribution < 1.29 is 13.2 Å². The van der Waals surface area contributed by atoms with Gasteiger partial charge in [0.2, 0.25) is 5.95 Å². The minimum absolute atomic E-state index is 0.208. The first-order valence-electron chi connectivity index (χ1n) is 3.70. The van der Waals surface area contributed by atoms with Gasteiger partial charge in [-0.2, -0.15) is 4.39 Å². The van der Waals surface area contributed by atoms with Crippen LogP contribution in [0.3, 0.4) is 0 Å². The summed E-state index contributed by atoms with van der Waals surface area (Å²) in [7, 11) is 0. The highest BCUT2D eigenvalue weighted by Crippen LogP contribution is 2.24. The van der Waals surface area contributed by atoms with Gasteiger partial charge < -0.3 is 5.73 Å². The van der Waals surface area contributed by atoms with E-state index in [0.717, 1.165) is 6.07 Å². The van der Waals surface area contributed by atoms with Crippen LogP contribution in [0.4, 0.5) is 13.2 Å². The van der Waals surface area contributed by atoms with E-state index < -0.39 is 12.4 Å². The lowest BCUT2D eigenvalue weighted by Crippen LogP contribution is -2.08. The Morgan fingerprint density at radius 3 is 2.62 bits per heavy atom. The van der Waals surface area contributed by atoms with Crippen molar-refractivity contribution in [3.05, 3.63) is 28.8 Å². The summed E-state index contributed by atoms with van der Waals surface area (Å²) in [5.74, 6) is -0.905. The molecule has 72 valence electrons. The number of aromatic nitrogens is 1. The molecule has 0 radical (unpaired) electrons. The van der Waals surface area contributed by atoms with Crippen molar-refractivity contribution in [2.24, 2.45) is 5.73 Å². The van der Waals surface area contributed by atoms with Crippen molar-refractivity contribution in [3.63, 3.8) is 0 Å². The number of hydrogen-bond acceptors (Lipinski definition) is 2. The van der Waals surface area contributed by atoms with Crippen LogP contribution in [0.25, 0.3) is 0 Å². The molecular weight excluding hydrogens is 181 g/mol. The van der Waals surface area contributed by atoms with Gasteiger partial charge in [-0.15, -0.1) is 0 Å². The van der Waals surface area contributed by atoms with Gasteiger partial charge in [-0.1, -0.05) is 0 Å². The minimum Gasteiger partial charge on any atom is -0.326 e. The zero-order chi connectivity index (χ0) is 10.0. The number of pyridine rings is 1. The third kappa shape index (κ3) is 1.98. The van der Waals surface area contributed by atoms with Crippen LogP contribution in [-0.4, -0.2) is 4.98 Å². The van der Waals surface area contributed by atoms with E-state index >= 15 is 0 Å². The van der Waals surface area contributed by atoms with Gasteiger partial charge in [0.15, 0.2) is 0 Å². The number of rotatable bonds is 2. The fourth-order valence-corrected chi connectivity index (χ4v) is 1.08. The lowest BCUT2D eigenvalue weighted by atomic mass is 10.1. The summed E-state index contributed by atoms with van der Waals surface area (Å²) in [6.07, 6.45) is -2.71. The molecule has 1 aromatic heterocycles. The Bertz CT molecular complexity index is 313. The Balaban J connectivity index is 3.29.